The summed E-state index contributed by atoms with van der Waals surface area (Å²) in [5, 5.41) is 4.34. The summed E-state index contributed by atoms with van der Waals surface area (Å²) < 4.78 is 4.38. The summed E-state index contributed by atoms with van der Waals surface area (Å²) in [6.07, 6.45) is 0. The molecule has 0 amide bonds. The normalized spacial score (nSPS) is 11.6. The van der Waals surface area contributed by atoms with Crippen LogP contribution in [0, 0.1) is 0 Å². The molecule has 0 atom stereocenters. The fraction of sp³-hybridized carbons (Fsp3) is 0. The summed E-state index contributed by atoms with van der Waals surface area (Å²) in [5.74, 6) is 2.39. The highest BCUT2D eigenvalue weighted by atomic mass is 15.2. The summed E-state index contributed by atoms with van der Waals surface area (Å²) in [5.41, 5.74) is 9.65. The standard InChI is InChI=1S/C49H31N7/c1-5-17-32(18-6-1)40-31-41(33-19-7-2-8-20-33)51-48(50-40)55-42-27-15-13-25-36(42)38-30-45-39(29-44(38)55)37-26-14-16-28-43(37)56(45)49-53-46(34-21-9-3-10-22-34)52-47(54-49)35-23-11-4-12-24-35/h1-31H. The minimum atomic E-state index is 0.554. The van der Waals surface area contributed by atoms with E-state index in [1.807, 2.05) is 97.1 Å². The van der Waals surface area contributed by atoms with E-state index in [2.05, 4.69) is 100 Å². The molecule has 0 aliphatic heterocycles. The smallest absolute Gasteiger partial charge is 0.238 e. The average Bonchev–Trinajstić information content (AvgIpc) is 3.78. The third-order valence-corrected chi connectivity index (χ3v) is 10.4. The number of hydrogen-bond acceptors (Lipinski definition) is 5. The number of hydrogen-bond donors (Lipinski definition) is 0. The van der Waals surface area contributed by atoms with Crippen molar-refractivity contribution < 1.29 is 0 Å². The van der Waals surface area contributed by atoms with Crippen LogP contribution in [-0.2, 0) is 0 Å². The molecule has 0 fully saturated rings. The van der Waals surface area contributed by atoms with Crippen molar-refractivity contribution in [2.45, 2.75) is 0 Å². The van der Waals surface area contributed by atoms with E-state index in [-0.39, 0.29) is 0 Å². The van der Waals surface area contributed by atoms with Crippen molar-refractivity contribution in [1.82, 2.24) is 34.1 Å². The number of fused-ring (bicyclic) bond motifs is 6. The fourth-order valence-electron chi connectivity index (χ4n) is 7.81. The van der Waals surface area contributed by atoms with Gasteiger partial charge >= 0.3 is 0 Å². The molecule has 0 aliphatic carbocycles. The molecular weight excluding hydrogens is 687 g/mol. The molecule has 0 saturated carbocycles. The first-order chi connectivity index (χ1) is 27.8. The van der Waals surface area contributed by atoms with E-state index >= 15 is 0 Å². The van der Waals surface area contributed by atoms with Gasteiger partial charge in [-0.15, -0.1) is 0 Å². The van der Waals surface area contributed by atoms with Crippen molar-refractivity contribution in [3.8, 4) is 57.2 Å². The van der Waals surface area contributed by atoms with Crippen molar-refractivity contribution in [2.75, 3.05) is 0 Å². The van der Waals surface area contributed by atoms with Crippen molar-refractivity contribution in [3.05, 3.63) is 188 Å². The Morgan fingerprint density at radius 1 is 0.268 bits per heavy atom. The van der Waals surface area contributed by atoms with Gasteiger partial charge in [0.1, 0.15) is 0 Å². The predicted molar refractivity (Wildman–Crippen MR) is 226 cm³/mol. The SMILES string of the molecule is c1ccc(-c2cc(-c3ccccc3)nc(-n3c4ccccc4c4cc5c(cc43)c3ccccc3n5-c3nc(-c4ccccc4)nc(-c4ccccc4)n3)n2)cc1. The number of benzene rings is 7. The van der Waals surface area contributed by atoms with Crippen LogP contribution in [0.25, 0.3) is 101 Å². The minimum absolute atomic E-state index is 0.554. The first-order valence-electron chi connectivity index (χ1n) is 18.6. The molecule has 0 radical (unpaired) electrons. The van der Waals surface area contributed by atoms with Crippen molar-refractivity contribution in [1.29, 1.82) is 0 Å². The number of para-hydroxylation sites is 2. The Balaban J connectivity index is 1.21. The second kappa shape index (κ2) is 13.0. The lowest BCUT2D eigenvalue weighted by atomic mass is 10.1. The zero-order chi connectivity index (χ0) is 37.0. The second-order valence-corrected chi connectivity index (χ2v) is 13.8. The molecule has 7 aromatic carbocycles. The van der Waals surface area contributed by atoms with Crippen LogP contribution < -0.4 is 0 Å². The maximum absolute atomic E-state index is 5.26. The molecule has 11 rings (SSSR count). The summed E-state index contributed by atoms with van der Waals surface area (Å²) in [4.78, 5) is 25.8. The van der Waals surface area contributed by atoms with Gasteiger partial charge in [-0.25, -0.2) is 15.0 Å². The van der Waals surface area contributed by atoms with Crippen LogP contribution in [0.5, 0.6) is 0 Å². The van der Waals surface area contributed by atoms with Crippen LogP contribution in [0.2, 0.25) is 0 Å². The van der Waals surface area contributed by atoms with Crippen LogP contribution in [0.1, 0.15) is 0 Å². The molecule has 0 aliphatic rings. The average molecular weight is 718 g/mol. The molecule has 0 saturated heterocycles. The molecular formula is C49H31N7. The van der Waals surface area contributed by atoms with Crippen LogP contribution in [0.4, 0.5) is 0 Å². The van der Waals surface area contributed by atoms with Crippen molar-refractivity contribution in [2.24, 2.45) is 0 Å². The zero-order valence-corrected chi connectivity index (χ0v) is 30.0. The maximum atomic E-state index is 5.26. The van der Waals surface area contributed by atoms with Gasteiger partial charge < -0.3 is 0 Å². The Morgan fingerprint density at radius 3 is 1.05 bits per heavy atom. The first-order valence-corrected chi connectivity index (χ1v) is 18.6. The van der Waals surface area contributed by atoms with Crippen LogP contribution in [-0.4, -0.2) is 34.1 Å². The van der Waals surface area contributed by atoms with Gasteiger partial charge in [-0.1, -0.05) is 158 Å². The summed E-state index contributed by atoms with van der Waals surface area (Å²) in [6.45, 7) is 0. The number of aromatic nitrogens is 7. The third-order valence-electron chi connectivity index (χ3n) is 10.4. The first kappa shape index (κ1) is 31.7. The van der Waals surface area contributed by atoms with Crippen LogP contribution in [0.15, 0.2) is 188 Å². The van der Waals surface area contributed by atoms with E-state index in [1.54, 1.807) is 0 Å². The highest BCUT2D eigenvalue weighted by molar-refractivity contribution is 6.18. The lowest BCUT2D eigenvalue weighted by Gasteiger charge is -2.12. The summed E-state index contributed by atoms with van der Waals surface area (Å²) in [6, 6.07) is 64.4. The fourth-order valence-corrected chi connectivity index (χ4v) is 7.81. The summed E-state index contributed by atoms with van der Waals surface area (Å²) >= 11 is 0. The molecule has 0 spiro atoms. The molecule has 56 heavy (non-hydrogen) atoms. The van der Waals surface area contributed by atoms with Crippen LogP contribution in [0.3, 0.4) is 0 Å². The van der Waals surface area contributed by atoms with Gasteiger partial charge in [0.05, 0.1) is 33.5 Å². The third kappa shape index (κ3) is 5.25. The topological polar surface area (TPSA) is 74.3 Å². The van der Waals surface area contributed by atoms with Gasteiger partial charge in [-0.2, -0.15) is 9.97 Å². The van der Waals surface area contributed by atoms with E-state index in [4.69, 9.17) is 24.9 Å². The quantitative estimate of drug-likeness (QED) is 0.171. The molecule has 11 aromatic rings. The largest absolute Gasteiger partial charge is 0.278 e. The van der Waals surface area contributed by atoms with E-state index in [0.717, 1.165) is 77.3 Å². The molecule has 7 nitrogen and oxygen atoms in total. The second-order valence-electron chi connectivity index (χ2n) is 13.8. The molecule has 0 N–H and O–H groups in total. The van der Waals surface area contributed by atoms with Crippen LogP contribution >= 0.6 is 0 Å². The van der Waals surface area contributed by atoms with E-state index in [9.17, 15) is 0 Å². The highest BCUT2D eigenvalue weighted by Gasteiger charge is 2.22. The molecule has 7 heteroatoms. The molecule has 0 unspecified atom stereocenters. The Morgan fingerprint density at radius 2 is 0.625 bits per heavy atom. The molecule has 4 heterocycles. The Bertz CT molecular complexity index is 2890. The van der Waals surface area contributed by atoms with E-state index in [1.165, 1.54) is 0 Å². The minimum Gasteiger partial charge on any atom is -0.278 e. The van der Waals surface area contributed by atoms with Crippen molar-refractivity contribution >= 4 is 43.6 Å². The molecule has 0 bridgehead atoms. The van der Waals surface area contributed by atoms with Crippen molar-refractivity contribution in [3.63, 3.8) is 0 Å². The Kier molecular flexibility index (Phi) is 7.35. The number of nitrogens with zero attached hydrogens (tertiary/aromatic N) is 7. The van der Waals surface area contributed by atoms with Gasteiger partial charge in [0.25, 0.3) is 0 Å². The molecule has 262 valence electrons. The summed E-state index contributed by atoms with van der Waals surface area (Å²) in [7, 11) is 0. The molecule has 4 aromatic heterocycles. The lowest BCUT2D eigenvalue weighted by Crippen LogP contribution is -2.06. The Labute approximate surface area is 321 Å². The van der Waals surface area contributed by atoms with E-state index in [0.29, 0.717) is 23.5 Å². The predicted octanol–water partition coefficient (Wildman–Crippen LogP) is 11.5. The van der Waals surface area contributed by atoms with Gasteiger partial charge in [0, 0.05) is 43.8 Å². The number of rotatable bonds is 6. The van der Waals surface area contributed by atoms with E-state index < -0.39 is 0 Å². The van der Waals surface area contributed by atoms with Gasteiger partial charge in [0.2, 0.25) is 11.9 Å². The van der Waals surface area contributed by atoms with Gasteiger partial charge in [0.15, 0.2) is 11.6 Å². The zero-order valence-electron chi connectivity index (χ0n) is 30.0. The van der Waals surface area contributed by atoms with Gasteiger partial charge in [-0.3, -0.25) is 9.13 Å². The highest BCUT2D eigenvalue weighted by Crippen LogP contribution is 2.40. The monoisotopic (exact) mass is 717 g/mol. The van der Waals surface area contributed by atoms with Gasteiger partial charge in [-0.05, 0) is 30.3 Å². The maximum Gasteiger partial charge on any atom is 0.238 e. The Hall–Kier alpha value is -7.77. The lowest BCUT2D eigenvalue weighted by molar-refractivity contribution is 0.953.